The molecule has 0 saturated carbocycles. The van der Waals surface area contributed by atoms with Crippen LogP contribution in [0.1, 0.15) is 53.2 Å². The smallest absolute Gasteiger partial charge is 0.194 e. The molecule has 2 atom stereocenters. The second kappa shape index (κ2) is 12.3. The van der Waals surface area contributed by atoms with Crippen LogP contribution in [0.5, 0.6) is 0 Å². The number of ether oxygens (including phenoxy) is 3. The molecular weight excluding hydrogens is 462 g/mol. The Hall–Kier alpha value is -2.70. The van der Waals surface area contributed by atoms with E-state index in [2.05, 4.69) is 5.32 Å². The molecule has 1 fully saturated rings. The number of benzene rings is 3. The van der Waals surface area contributed by atoms with E-state index in [9.17, 15) is 4.79 Å². The van der Waals surface area contributed by atoms with Gasteiger partial charge in [0, 0.05) is 34.7 Å². The highest BCUT2D eigenvalue weighted by Crippen LogP contribution is 2.28. The normalized spacial score (nSPS) is 16.6. The molecule has 1 heterocycles. The van der Waals surface area contributed by atoms with Gasteiger partial charge >= 0.3 is 0 Å². The molecule has 184 valence electrons. The van der Waals surface area contributed by atoms with E-state index in [-0.39, 0.29) is 18.2 Å². The van der Waals surface area contributed by atoms with E-state index in [0.29, 0.717) is 29.4 Å². The maximum atomic E-state index is 13.0. The topological polar surface area (TPSA) is 56.8 Å². The Morgan fingerprint density at radius 2 is 1.89 bits per heavy atom. The van der Waals surface area contributed by atoms with Gasteiger partial charge in [0.2, 0.25) is 0 Å². The minimum Gasteiger partial charge on any atom is -0.374 e. The predicted octanol–water partition coefficient (Wildman–Crippen LogP) is 7.07. The average Bonchev–Trinajstić information content (AvgIpc) is 2.86. The molecule has 0 amide bonds. The lowest BCUT2D eigenvalue weighted by Gasteiger charge is -2.26. The number of ketones is 1. The van der Waals surface area contributed by atoms with Crippen LogP contribution in [0.15, 0.2) is 66.7 Å². The van der Waals surface area contributed by atoms with Crippen LogP contribution in [-0.2, 0) is 20.8 Å². The summed E-state index contributed by atoms with van der Waals surface area (Å²) < 4.78 is 17.5. The zero-order valence-corrected chi connectivity index (χ0v) is 21.0. The SMILES string of the molecule is Cc1ccccc1C(=O)c1ccc(Nc2ccccc2COCC(C)O[C@@H]2CCCCO2)cc1Cl. The number of anilines is 2. The molecule has 35 heavy (non-hydrogen) atoms. The van der Waals surface area contributed by atoms with E-state index < -0.39 is 0 Å². The maximum Gasteiger partial charge on any atom is 0.194 e. The van der Waals surface area contributed by atoms with Crippen molar-refractivity contribution < 1.29 is 19.0 Å². The molecular formula is C29H32ClNO4. The molecule has 1 unspecified atom stereocenters. The molecule has 0 aliphatic carbocycles. The minimum absolute atomic E-state index is 0.0460. The molecule has 1 aliphatic rings. The molecule has 1 saturated heterocycles. The van der Waals surface area contributed by atoms with E-state index in [1.807, 2.05) is 68.4 Å². The van der Waals surface area contributed by atoms with Crippen molar-refractivity contribution in [2.24, 2.45) is 0 Å². The Morgan fingerprint density at radius 1 is 1.09 bits per heavy atom. The Labute approximate surface area is 212 Å². The third kappa shape index (κ3) is 6.92. The summed E-state index contributed by atoms with van der Waals surface area (Å²) in [5.74, 6) is -0.0802. The van der Waals surface area contributed by atoms with E-state index in [1.54, 1.807) is 12.1 Å². The molecule has 0 spiro atoms. The first kappa shape index (κ1) is 25.4. The highest BCUT2D eigenvalue weighted by atomic mass is 35.5. The zero-order valence-electron chi connectivity index (χ0n) is 20.3. The monoisotopic (exact) mass is 493 g/mol. The summed E-state index contributed by atoms with van der Waals surface area (Å²) in [6.07, 6.45) is 3.01. The lowest BCUT2D eigenvalue weighted by atomic mass is 9.99. The van der Waals surface area contributed by atoms with Crippen LogP contribution < -0.4 is 5.32 Å². The summed E-state index contributed by atoms with van der Waals surface area (Å²) in [5, 5.41) is 3.82. The van der Waals surface area contributed by atoms with Crippen molar-refractivity contribution in [2.45, 2.75) is 52.1 Å². The van der Waals surface area contributed by atoms with Crippen molar-refractivity contribution in [3.63, 3.8) is 0 Å². The van der Waals surface area contributed by atoms with Gasteiger partial charge in [-0.3, -0.25) is 4.79 Å². The van der Waals surface area contributed by atoms with E-state index in [0.717, 1.165) is 48.4 Å². The fourth-order valence-electron chi connectivity index (χ4n) is 4.13. The van der Waals surface area contributed by atoms with E-state index >= 15 is 0 Å². The molecule has 0 radical (unpaired) electrons. The summed E-state index contributed by atoms with van der Waals surface area (Å²) >= 11 is 6.52. The summed E-state index contributed by atoms with van der Waals surface area (Å²) in [6.45, 7) is 5.62. The molecule has 0 bridgehead atoms. The van der Waals surface area contributed by atoms with Gasteiger partial charge in [-0.15, -0.1) is 0 Å². The van der Waals surface area contributed by atoms with Crippen LogP contribution in [0.3, 0.4) is 0 Å². The summed E-state index contributed by atoms with van der Waals surface area (Å²) in [4.78, 5) is 13.0. The largest absolute Gasteiger partial charge is 0.374 e. The highest BCUT2D eigenvalue weighted by molar-refractivity contribution is 6.35. The number of hydrogen-bond donors (Lipinski definition) is 1. The number of halogens is 1. The molecule has 4 rings (SSSR count). The predicted molar refractivity (Wildman–Crippen MR) is 140 cm³/mol. The first-order valence-electron chi connectivity index (χ1n) is 12.1. The molecule has 1 aliphatic heterocycles. The number of hydrogen-bond acceptors (Lipinski definition) is 5. The quantitative estimate of drug-likeness (QED) is 0.306. The van der Waals surface area contributed by atoms with Crippen LogP contribution in [-0.4, -0.2) is 31.4 Å². The van der Waals surface area contributed by atoms with Gasteiger partial charge in [0.15, 0.2) is 12.1 Å². The molecule has 3 aromatic rings. The van der Waals surface area contributed by atoms with Gasteiger partial charge in [-0.1, -0.05) is 54.1 Å². The van der Waals surface area contributed by atoms with Gasteiger partial charge in [-0.05, 0) is 62.9 Å². The van der Waals surface area contributed by atoms with Crippen LogP contribution in [0.2, 0.25) is 5.02 Å². The standard InChI is InChI=1S/C29H32ClNO4/c1-20-9-3-5-11-24(20)29(32)25-15-14-23(17-26(25)30)31-27-12-6-4-10-22(27)19-33-18-21(2)35-28-13-7-8-16-34-28/h3-6,9-12,14-15,17,21,28,31H,7-8,13,16,18-19H2,1-2H3/t21?,28-/m1/s1. The number of nitrogens with one attached hydrogen (secondary N) is 1. The lowest BCUT2D eigenvalue weighted by Crippen LogP contribution is -2.28. The zero-order chi connectivity index (χ0) is 24.6. The van der Waals surface area contributed by atoms with Crippen molar-refractivity contribution in [2.75, 3.05) is 18.5 Å². The van der Waals surface area contributed by atoms with Crippen LogP contribution in [0.4, 0.5) is 11.4 Å². The fourth-order valence-corrected chi connectivity index (χ4v) is 4.39. The van der Waals surface area contributed by atoms with E-state index in [4.69, 9.17) is 25.8 Å². The van der Waals surface area contributed by atoms with Gasteiger partial charge in [-0.2, -0.15) is 0 Å². The van der Waals surface area contributed by atoms with Crippen LogP contribution >= 0.6 is 11.6 Å². The number of carbonyl (C=O) groups excluding carboxylic acids is 1. The van der Waals surface area contributed by atoms with Gasteiger partial charge in [0.1, 0.15) is 0 Å². The fraction of sp³-hybridized carbons (Fsp3) is 0.345. The highest BCUT2D eigenvalue weighted by Gasteiger charge is 2.18. The van der Waals surface area contributed by atoms with Gasteiger partial charge in [-0.25, -0.2) is 0 Å². The molecule has 1 N–H and O–H groups in total. The van der Waals surface area contributed by atoms with Crippen LogP contribution in [0.25, 0.3) is 0 Å². The summed E-state index contributed by atoms with van der Waals surface area (Å²) in [6, 6.07) is 20.9. The van der Waals surface area contributed by atoms with Crippen molar-refractivity contribution >= 4 is 28.8 Å². The molecule has 6 heteroatoms. The van der Waals surface area contributed by atoms with Crippen molar-refractivity contribution in [3.05, 3.63) is 94.0 Å². The van der Waals surface area contributed by atoms with Crippen molar-refractivity contribution in [1.82, 2.24) is 0 Å². The van der Waals surface area contributed by atoms with Crippen LogP contribution in [0, 0.1) is 6.92 Å². The average molecular weight is 494 g/mol. The van der Waals surface area contributed by atoms with Crippen molar-refractivity contribution in [3.8, 4) is 0 Å². The van der Waals surface area contributed by atoms with Gasteiger partial charge < -0.3 is 19.5 Å². The number of aryl methyl sites for hydroxylation is 1. The summed E-state index contributed by atoms with van der Waals surface area (Å²) in [5.41, 5.74) is 4.81. The van der Waals surface area contributed by atoms with Gasteiger partial charge in [0.25, 0.3) is 0 Å². The molecule has 5 nitrogen and oxygen atoms in total. The second-order valence-corrected chi connectivity index (χ2v) is 9.29. The van der Waals surface area contributed by atoms with Gasteiger partial charge in [0.05, 0.1) is 24.3 Å². The van der Waals surface area contributed by atoms with Crippen molar-refractivity contribution in [1.29, 1.82) is 0 Å². The number of carbonyl (C=O) groups is 1. The lowest BCUT2D eigenvalue weighted by molar-refractivity contribution is -0.194. The Morgan fingerprint density at radius 3 is 2.66 bits per heavy atom. The first-order valence-corrected chi connectivity index (χ1v) is 12.5. The third-order valence-electron chi connectivity index (χ3n) is 6.03. The van der Waals surface area contributed by atoms with E-state index in [1.165, 1.54) is 0 Å². The maximum absolute atomic E-state index is 13.0. The Balaban J connectivity index is 1.37. The minimum atomic E-state index is -0.123. The number of rotatable bonds is 10. The Bertz CT molecular complexity index is 1140. The second-order valence-electron chi connectivity index (χ2n) is 8.88. The first-order chi connectivity index (χ1) is 17.0. The molecule has 0 aromatic heterocycles. The summed E-state index contributed by atoms with van der Waals surface area (Å²) in [7, 11) is 0. The number of para-hydroxylation sites is 1. The molecule has 3 aromatic carbocycles. The third-order valence-corrected chi connectivity index (χ3v) is 6.34. The Kier molecular flexibility index (Phi) is 8.94.